The summed E-state index contributed by atoms with van der Waals surface area (Å²) in [7, 11) is -4.73. The Kier molecular flexibility index (Phi) is 29.0. The van der Waals surface area contributed by atoms with E-state index in [0.29, 0.717) is 19.3 Å². The van der Waals surface area contributed by atoms with Crippen molar-refractivity contribution >= 4 is 25.7 Å². The van der Waals surface area contributed by atoms with Gasteiger partial charge in [0.25, 0.3) is 0 Å². The van der Waals surface area contributed by atoms with Crippen LogP contribution in [0.1, 0.15) is 142 Å². The number of phosphoric ester groups is 1. The van der Waals surface area contributed by atoms with Gasteiger partial charge in [0.2, 0.25) is 0 Å². The summed E-state index contributed by atoms with van der Waals surface area (Å²) in [6.07, 6.45) is 34.9. The number of unbranched alkanes of at least 4 members (excludes halogenated alkanes) is 10. The van der Waals surface area contributed by atoms with E-state index < -0.39 is 51.1 Å². The minimum Gasteiger partial charge on any atom is -0.480 e. The first-order chi connectivity index (χ1) is 25.6. The Balaban J connectivity index is 2.38. The third-order valence-electron chi connectivity index (χ3n) is 8.47. The molecule has 1 rings (SSSR count). The first kappa shape index (κ1) is 48.4. The van der Waals surface area contributed by atoms with Crippen LogP contribution in [0.15, 0.2) is 48.6 Å². The van der Waals surface area contributed by atoms with E-state index in [0.717, 1.165) is 64.2 Å². The van der Waals surface area contributed by atoms with Gasteiger partial charge >= 0.3 is 25.7 Å². The number of carbonyl (C=O) groups is 3. The molecule has 4 N–H and O–H groups in total. The maximum absolute atomic E-state index is 12.6. The molecule has 5 atom stereocenters. The lowest BCUT2D eigenvalue weighted by Gasteiger charge is -2.20. The SMILES string of the molecule is CCCC/C=C\CCCCCCCC(=O)O[C@H](COC(=O)CCCC1OC1C/C=C\C/C=C\C/C=C\CCCCC)COP(=O)(O)OC[C@H](N)C(=O)O. The molecule has 1 aliphatic heterocycles. The molecule has 0 aromatic carbocycles. The number of rotatable bonds is 35. The van der Waals surface area contributed by atoms with Crippen molar-refractivity contribution in [2.45, 2.75) is 167 Å². The molecule has 0 aromatic rings. The Morgan fingerprint density at radius 3 is 1.96 bits per heavy atom. The number of epoxide rings is 1. The second-order valence-corrected chi connectivity index (χ2v) is 14.9. The second kappa shape index (κ2) is 31.7. The van der Waals surface area contributed by atoms with Crippen LogP contribution >= 0.6 is 7.82 Å². The van der Waals surface area contributed by atoms with Gasteiger partial charge < -0.3 is 29.9 Å². The summed E-state index contributed by atoms with van der Waals surface area (Å²) in [5, 5.41) is 8.87. The highest BCUT2D eigenvalue weighted by Crippen LogP contribution is 2.43. The summed E-state index contributed by atoms with van der Waals surface area (Å²) in [4.78, 5) is 45.9. The molecule has 13 heteroatoms. The van der Waals surface area contributed by atoms with Gasteiger partial charge in [-0.25, -0.2) is 4.57 Å². The molecule has 0 aliphatic carbocycles. The van der Waals surface area contributed by atoms with Gasteiger partial charge in [-0.3, -0.25) is 23.4 Å². The van der Waals surface area contributed by atoms with Gasteiger partial charge in [0.05, 0.1) is 25.4 Å². The van der Waals surface area contributed by atoms with E-state index in [1.165, 1.54) is 32.1 Å². The van der Waals surface area contributed by atoms with Gasteiger partial charge in [0.1, 0.15) is 12.6 Å². The predicted molar refractivity (Wildman–Crippen MR) is 207 cm³/mol. The molecule has 0 bridgehead atoms. The van der Waals surface area contributed by atoms with Crippen molar-refractivity contribution in [2.75, 3.05) is 19.8 Å². The normalized spacial score (nSPS) is 18.2. The number of ether oxygens (including phenoxy) is 3. The Labute approximate surface area is 318 Å². The van der Waals surface area contributed by atoms with Crippen molar-refractivity contribution in [1.82, 2.24) is 0 Å². The molecule has 0 amide bonds. The van der Waals surface area contributed by atoms with Crippen molar-refractivity contribution in [3.05, 3.63) is 48.6 Å². The fourth-order valence-electron chi connectivity index (χ4n) is 5.19. The number of carboxylic acid groups (broad SMARTS) is 1. The number of aliphatic carboxylic acids is 1. The Morgan fingerprint density at radius 2 is 1.26 bits per heavy atom. The number of esters is 2. The quantitative estimate of drug-likeness (QED) is 0.0183. The fraction of sp³-hybridized carbons (Fsp3) is 0.725. The summed E-state index contributed by atoms with van der Waals surface area (Å²) >= 11 is 0. The zero-order chi connectivity index (χ0) is 39.0. The summed E-state index contributed by atoms with van der Waals surface area (Å²) in [6, 6.07) is -1.53. The number of nitrogens with two attached hydrogens (primary N) is 1. The smallest absolute Gasteiger partial charge is 0.472 e. The summed E-state index contributed by atoms with van der Waals surface area (Å²) in [5.41, 5.74) is 5.32. The highest BCUT2D eigenvalue weighted by atomic mass is 31.2. The van der Waals surface area contributed by atoms with Crippen LogP contribution in [0.25, 0.3) is 0 Å². The number of allylic oxidation sites excluding steroid dienone is 7. The maximum atomic E-state index is 12.6. The predicted octanol–water partition coefficient (Wildman–Crippen LogP) is 8.82. The van der Waals surface area contributed by atoms with Crippen LogP contribution in [0.2, 0.25) is 0 Å². The largest absolute Gasteiger partial charge is 0.480 e. The summed E-state index contributed by atoms with van der Waals surface area (Å²) in [5.74, 6) is -2.48. The van der Waals surface area contributed by atoms with E-state index >= 15 is 0 Å². The lowest BCUT2D eigenvalue weighted by Crippen LogP contribution is -2.34. The Bertz CT molecular complexity index is 1160. The molecule has 1 heterocycles. The fourth-order valence-corrected chi connectivity index (χ4v) is 5.97. The molecule has 12 nitrogen and oxygen atoms in total. The van der Waals surface area contributed by atoms with E-state index in [4.69, 9.17) is 29.6 Å². The van der Waals surface area contributed by atoms with Gasteiger partial charge in [-0.05, 0) is 70.6 Å². The zero-order valence-electron chi connectivity index (χ0n) is 32.3. The van der Waals surface area contributed by atoms with Crippen LogP contribution in [0.3, 0.4) is 0 Å². The van der Waals surface area contributed by atoms with Gasteiger partial charge in [-0.1, -0.05) is 107 Å². The van der Waals surface area contributed by atoms with Gasteiger partial charge in [-0.15, -0.1) is 0 Å². The number of carbonyl (C=O) groups excluding carboxylic acids is 2. The molecule has 1 fully saturated rings. The second-order valence-electron chi connectivity index (χ2n) is 13.4. The lowest BCUT2D eigenvalue weighted by molar-refractivity contribution is -0.161. The van der Waals surface area contributed by atoms with Crippen molar-refractivity contribution in [3.63, 3.8) is 0 Å². The third kappa shape index (κ3) is 29.4. The minimum absolute atomic E-state index is 0.100. The number of hydrogen-bond acceptors (Lipinski definition) is 10. The molecular weight excluding hydrogens is 701 g/mol. The standard InChI is InChI=1S/C40H68NO11P/c1-3-5-7-9-11-13-15-17-18-20-22-24-27-36-37(52-36)28-26-30-38(42)48-31-34(32-49-53(46,47)50-33-35(41)40(44)45)51-39(43)29-25-23-21-19-16-14-12-10-8-6-4-2/h10-13,17-18,22,24,34-37H,3-9,14-16,19-21,23,25-33,41H2,1-2H3,(H,44,45)(H,46,47)/b12-10-,13-11-,18-17-,24-22-/t34-,35+,36?,37?/m1/s1. The van der Waals surface area contributed by atoms with E-state index in [1.807, 2.05) is 0 Å². The molecule has 0 spiro atoms. The van der Waals surface area contributed by atoms with Gasteiger partial charge in [-0.2, -0.15) is 0 Å². The molecule has 304 valence electrons. The third-order valence-corrected chi connectivity index (χ3v) is 9.42. The van der Waals surface area contributed by atoms with Gasteiger partial charge in [0.15, 0.2) is 6.10 Å². The van der Waals surface area contributed by atoms with Crippen molar-refractivity contribution in [1.29, 1.82) is 0 Å². The van der Waals surface area contributed by atoms with Crippen molar-refractivity contribution in [3.8, 4) is 0 Å². The molecule has 0 saturated carbocycles. The van der Waals surface area contributed by atoms with Gasteiger partial charge in [0, 0.05) is 12.8 Å². The van der Waals surface area contributed by atoms with Crippen LogP contribution in [-0.4, -0.2) is 72.1 Å². The molecular formula is C40H68NO11P. The molecule has 0 radical (unpaired) electrons. The van der Waals surface area contributed by atoms with Crippen molar-refractivity contribution < 1.29 is 52.2 Å². The Hall–Kier alpha value is -2.60. The van der Waals surface area contributed by atoms with Crippen LogP contribution in [-0.2, 0) is 42.2 Å². The number of phosphoric acid groups is 1. The topological polar surface area (TPSA) is 184 Å². The molecule has 1 aliphatic rings. The van der Waals surface area contributed by atoms with Crippen molar-refractivity contribution in [2.24, 2.45) is 5.73 Å². The van der Waals surface area contributed by atoms with E-state index in [1.54, 1.807) is 0 Å². The average molecular weight is 770 g/mol. The number of hydrogen-bond donors (Lipinski definition) is 3. The lowest BCUT2D eigenvalue weighted by atomic mass is 10.1. The highest BCUT2D eigenvalue weighted by Gasteiger charge is 2.36. The monoisotopic (exact) mass is 769 g/mol. The first-order valence-corrected chi connectivity index (χ1v) is 21.3. The maximum Gasteiger partial charge on any atom is 0.472 e. The molecule has 0 aromatic heterocycles. The average Bonchev–Trinajstić information content (AvgIpc) is 3.88. The summed E-state index contributed by atoms with van der Waals surface area (Å²) in [6.45, 7) is 2.62. The minimum atomic E-state index is -4.73. The summed E-state index contributed by atoms with van der Waals surface area (Å²) < 4.78 is 38.3. The molecule has 1 saturated heterocycles. The molecule has 53 heavy (non-hydrogen) atoms. The van der Waals surface area contributed by atoms with Crippen LogP contribution < -0.4 is 5.73 Å². The first-order valence-electron chi connectivity index (χ1n) is 19.8. The zero-order valence-corrected chi connectivity index (χ0v) is 33.2. The van der Waals surface area contributed by atoms with E-state index in [9.17, 15) is 23.8 Å². The van der Waals surface area contributed by atoms with E-state index in [-0.39, 0.29) is 31.7 Å². The molecule has 3 unspecified atom stereocenters. The number of carboxylic acids is 1. The Morgan fingerprint density at radius 1 is 0.698 bits per heavy atom. The van der Waals surface area contributed by atoms with Crippen LogP contribution in [0, 0.1) is 0 Å². The van der Waals surface area contributed by atoms with E-state index in [2.05, 4.69) is 67.0 Å². The van der Waals surface area contributed by atoms with Crippen LogP contribution in [0.5, 0.6) is 0 Å². The van der Waals surface area contributed by atoms with Crippen LogP contribution in [0.4, 0.5) is 0 Å². The highest BCUT2D eigenvalue weighted by molar-refractivity contribution is 7.47.